The van der Waals surface area contributed by atoms with Crippen LogP contribution in [0.4, 0.5) is 0 Å². The van der Waals surface area contributed by atoms with E-state index in [9.17, 15) is 4.79 Å². The Bertz CT molecular complexity index is 416. The van der Waals surface area contributed by atoms with Gasteiger partial charge in [-0.2, -0.15) is 0 Å². The summed E-state index contributed by atoms with van der Waals surface area (Å²) in [6.45, 7) is 0.907. The van der Waals surface area contributed by atoms with Gasteiger partial charge in [-0.25, -0.2) is 0 Å². The van der Waals surface area contributed by atoms with E-state index in [1.165, 1.54) is 51.4 Å². The molecule has 0 aromatic carbocycles. The summed E-state index contributed by atoms with van der Waals surface area (Å²) in [4.78, 5) is 12.5. The van der Waals surface area contributed by atoms with E-state index in [1.807, 2.05) is 0 Å². The minimum atomic E-state index is 0. The second kappa shape index (κ2) is 7.31. The first-order chi connectivity index (χ1) is 10.7. The summed E-state index contributed by atoms with van der Waals surface area (Å²) in [5.41, 5.74) is 6.33. The summed E-state index contributed by atoms with van der Waals surface area (Å²) in [5, 5.41) is 3.26. The monoisotopic (exact) mass is 340 g/mol. The van der Waals surface area contributed by atoms with E-state index in [2.05, 4.69) is 5.32 Å². The first-order valence-electron chi connectivity index (χ1n) is 9.74. The number of carbonyl (C=O) groups excluding carboxylic acids is 1. The second-order valence-corrected chi connectivity index (χ2v) is 8.71. The zero-order chi connectivity index (χ0) is 15.1. The lowest BCUT2D eigenvalue weighted by molar-refractivity contribution is -0.127. The molecule has 4 saturated carbocycles. The van der Waals surface area contributed by atoms with Crippen LogP contribution >= 0.6 is 12.4 Å². The summed E-state index contributed by atoms with van der Waals surface area (Å²) in [5.74, 6) is 4.68. The van der Waals surface area contributed by atoms with Gasteiger partial charge >= 0.3 is 0 Å². The minimum Gasteiger partial charge on any atom is -0.356 e. The zero-order valence-electron chi connectivity index (χ0n) is 14.2. The van der Waals surface area contributed by atoms with Gasteiger partial charge in [0.15, 0.2) is 0 Å². The summed E-state index contributed by atoms with van der Waals surface area (Å²) < 4.78 is 0. The average molecular weight is 341 g/mol. The first-order valence-corrected chi connectivity index (χ1v) is 9.74. The Hall–Kier alpha value is -0.280. The van der Waals surface area contributed by atoms with Crippen molar-refractivity contribution in [1.29, 1.82) is 0 Å². The smallest absolute Gasteiger partial charge is 0.223 e. The van der Waals surface area contributed by atoms with Crippen LogP contribution in [0.1, 0.15) is 64.2 Å². The van der Waals surface area contributed by atoms with Gasteiger partial charge in [-0.05, 0) is 81.0 Å². The van der Waals surface area contributed by atoms with Crippen LogP contribution in [0, 0.1) is 35.5 Å². The molecular formula is C19H33ClN2O. The molecule has 4 bridgehead atoms. The number of nitrogens with one attached hydrogen (secondary N) is 1. The third kappa shape index (κ3) is 3.56. The average Bonchev–Trinajstić information content (AvgIpc) is 3.09. The summed E-state index contributed by atoms with van der Waals surface area (Å²) >= 11 is 0. The number of hydrogen-bond donors (Lipinski definition) is 2. The van der Waals surface area contributed by atoms with Crippen molar-refractivity contribution < 1.29 is 4.79 Å². The third-order valence-electron chi connectivity index (χ3n) is 7.48. The van der Waals surface area contributed by atoms with Gasteiger partial charge < -0.3 is 11.1 Å². The minimum absolute atomic E-state index is 0. The highest BCUT2D eigenvalue weighted by Crippen LogP contribution is 2.49. The van der Waals surface area contributed by atoms with Gasteiger partial charge in [0.1, 0.15) is 0 Å². The molecule has 0 saturated heterocycles. The molecule has 4 heteroatoms. The van der Waals surface area contributed by atoms with Gasteiger partial charge in [0.2, 0.25) is 5.91 Å². The summed E-state index contributed by atoms with van der Waals surface area (Å²) in [6, 6.07) is 0.367. The van der Waals surface area contributed by atoms with Crippen molar-refractivity contribution >= 4 is 18.3 Å². The van der Waals surface area contributed by atoms with Crippen molar-refractivity contribution in [3.05, 3.63) is 0 Å². The molecule has 4 fully saturated rings. The lowest BCUT2D eigenvalue weighted by atomic mass is 9.65. The Kier molecular flexibility index (Phi) is 5.57. The molecule has 5 atom stereocenters. The Morgan fingerprint density at radius 2 is 1.70 bits per heavy atom. The van der Waals surface area contributed by atoms with Crippen LogP contribution in [0.5, 0.6) is 0 Å². The molecule has 0 spiro atoms. The topological polar surface area (TPSA) is 55.1 Å². The maximum absolute atomic E-state index is 12.5. The van der Waals surface area contributed by atoms with Gasteiger partial charge in [-0.3, -0.25) is 4.79 Å². The number of hydrogen-bond acceptors (Lipinski definition) is 2. The SMILES string of the molecule is Cl.NC1C2CCCC1CC(C(=O)NCCC1CC3CCC1C3)C2. The van der Waals surface area contributed by atoms with Crippen molar-refractivity contribution in [2.45, 2.75) is 70.3 Å². The van der Waals surface area contributed by atoms with Crippen LogP contribution in [0.15, 0.2) is 0 Å². The highest BCUT2D eigenvalue weighted by atomic mass is 35.5. The number of fused-ring (bicyclic) bond motifs is 4. The first kappa shape index (κ1) is 17.5. The van der Waals surface area contributed by atoms with E-state index < -0.39 is 0 Å². The van der Waals surface area contributed by atoms with Crippen LogP contribution < -0.4 is 11.1 Å². The molecule has 23 heavy (non-hydrogen) atoms. The van der Waals surface area contributed by atoms with Crippen molar-refractivity contribution in [1.82, 2.24) is 5.32 Å². The van der Waals surface area contributed by atoms with Crippen LogP contribution in [0.3, 0.4) is 0 Å². The van der Waals surface area contributed by atoms with Crippen molar-refractivity contribution in [3.63, 3.8) is 0 Å². The molecule has 0 radical (unpaired) electrons. The molecule has 3 nitrogen and oxygen atoms in total. The van der Waals surface area contributed by atoms with Gasteiger partial charge in [-0.15, -0.1) is 12.4 Å². The highest BCUT2D eigenvalue weighted by molar-refractivity contribution is 5.85. The molecule has 132 valence electrons. The van der Waals surface area contributed by atoms with E-state index in [0.717, 1.165) is 37.1 Å². The number of halogens is 1. The molecule has 5 unspecified atom stereocenters. The lowest BCUT2D eigenvalue weighted by Crippen LogP contribution is -2.49. The summed E-state index contributed by atoms with van der Waals surface area (Å²) in [6.07, 6.45) is 12.9. The fourth-order valence-corrected chi connectivity index (χ4v) is 6.26. The largest absolute Gasteiger partial charge is 0.356 e. The zero-order valence-corrected chi connectivity index (χ0v) is 15.0. The number of carbonyl (C=O) groups is 1. The van der Waals surface area contributed by atoms with Crippen molar-refractivity contribution in [3.8, 4) is 0 Å². The molecule has 4 rings (SSSR count). The van der Waals surface area contributed by atoms with Crippen LogP contribution in [0.2, 0.25) is 0 Å². The number of rotatable bonds is 4. The molecule has 0 heterocycles. The van der Waals surface area contributed by atoms with E-state index in [1.54, 1.807) is 0 Å². The molecule has 4 aliphatic carbocycles. The Labute approximate surface area is 146 Å². The van der Waals surface area contributed by atoms with Crippen LogP contribution in [0.25, 0.3) is 0 Å². The summed E-state index contributed by atoms with van der Waals surface area (Å²) in [7, 11) is 0. The fraction of sp³-hybridized carbons (Fsp3) is 0.947. The van der Waals surface area contributed by atoms with E-state index in [4.69, 9.17) is 5.73 Å². The fourth-order valence-electron chi connectivity index (χ4n) is 6.26. The highest BCUT2D eigenvalue weighted by Gasteiger charge is 2.41. The number of amides is 1. The molecular weight excluding hydrogens is 308 g/mol. The predicted molar refractivity (Wildman–Crippen MR) is 95.3 cm³/mol. The standard InChI is InChI=1S/C19H32N2O.ClH/c20-18-15-2-1-3-16(18)11-17(10-15)19(22)21-7-6-14-9-12-4-5-13(14)8-12;/h12-18H,1-11,20H2,(H,21,22);1H. The predicted octanol–water partition coefficient (Wildman–Crippen LogP) is 3.50. The second-order valence-electron chi connectivity index (χ2n) is 8.71. The van der Waals surface area contributed by atoms with E-state index in [0.29, 0.717) is 23.8 Å². The molecule has 1 amide bonds. The Morgan fingerprint density at radius 1 is 0.957 bits per heavy atom. The molecule has 3 N–H and O–H groups in total. The Morgan fingerprint density at radius 3 is 2.30 bits per heavy atom. The van der Waals surface area contributed by atoms with Gasteiger partial charge in [0, 0.05) is 18.5 Å². The maximum atomic E-state index is 12.5. The van der Waals surface area contributed by atoms with E-state index in [-0.39, 0.29) is 18.3 Å². The van der Waals surface area contributed by atoms with Gasteiger partial charge in [0.25, 0.3) is 0 Å². The van der Waals surface area contributed by atoms with Gasteiger partial charge in [-0.1, -0.05) is 12.8 Å². The van der Waals surface area contributed by atoms with Crippen LogP contribution in [-0.4, -0.2) is 18.5 Å². The Balaban J connectivity index is 0.00000156. The molecule has 4 aliphatic rings. The quantitative estimate of drug-likeness (QED) is 0.822. The molecule has 0 aromatic rings. The number of nitrogens with two attached hydrogens (primary N) is 1. The molecule has 0 aliphatic heterocycles. The maximum Gasteiger partial charge on any atom is 0.223 e. The van der Waals surface area contributed by atoms with Crippen molar-refractivity contribution in [2.75, 3.05) is 6.54 Å². The normalized spacial score (nSPS) is 44.7. The van der Waals surface area contributed by atoms with Crippen LogP contribution in [-0.2, 0) is 4.79 Å². The lowest BCUT2D eigenvalue weighted by Gasteiger charge is -2.43. The van der Waals surface area contributed by atoms with Gasteiger partial charge in [0.05, 0.1) is 0 Å². The third-order valence-corrected chi connectivity index (χ3v) is 7.48. The van der Waals surface area contributed by atoms with E-state index >= 15 is 0 Å². The molecule has 0 aromatic heterocycles. The van der Waals surface area contributed by atoms with Crippen molar-refractivity contribution in [2.24, 2.45) is 41.2 Å².